The van der Waals surface area contributed by atoms with E-state index in [4.69, 9.17) is 10.2 Å². The molecule has 0 aliphatic rings. The summed E-state index contributed by atoms with van der Waals surface area (Å²) in [5, 5.41) is 8.07. The van der Waals surface area contributed by atoms with Crippen molar-refractivity contribution in [3.63, 3.8) is 0 Å². The van der Waals surface area contributed by atoms with Crippen LogP contribution in [-0.4, -0.2) is 35.2 Å². The van der Waals surface area contributed by atoms with Crippen LogP contribution in [-0.2, 0) is 0 Å². The summed E-state index contributed by atoms with van der Waals surface area (Å²) in [6, 6.07) is -0.188. The Morgan fingerprint density at radius 2 is 1.78 bits per heavy atom. The third kappa shape index (κ3) is 14.3. The van der Waals surface area contributed by atoms with Crippen molar-refractivity contribution in [3.8, 4) is 0 Å². The first-order valence-corrected chi connectivity index (χ1v) is 10.4. The molecule has 27 heavy (non-hydrogen) atoms. The molecule has 0 aliphatic carbocycles. The van der Waals surface area contributed by atoms with Crippen LogP contribution < -0.4 is 5.73 Å². The first-order valence-electron chi connectivity index (χ1n) is 10.4. The highest BCUT2D eigenvalue weighted by Gasteiger charge is 2.18. The molecule has 2 N–H and O–H groups in total. The minimum Gasteiger partial charge on any atom is -0.423 e. The van der Waals surface area contributed by atoms with Crippen LogP contribution in [0.1, 0.15) is 97.9 Å². The second-order valence-electron chi connectivity index (χ2n) is 6.70. The van der Waals surface area contributed by atoms with Gasteiger partial charge in [0.1, 0.15) is 0 Å². The van der Waals surface area contributed by atoms with Gasteiger partial charge in [-0.05, 0) is 66.6 Å². The molecule has 0 aliphatic heterocycles. The zero-order valence-electron chi connectivity index (χ0n) is 19.1. The van der Waals surface area contributed by atoms with Crippen LogP contribution in [0.15, 0.2) is 28.7 Å². The van der Waals surface area contributed by atoms with Gasteiger partial charge in [0, 0.05) is 5.92 Å². The maximum atomic E-state index is 5.71. The fourth-order valence-electron chi connectivity index (χ4n) is 2.12. The minimum absolute atomic E-state index is 0.188. The molecule has 1 rings (SSSR count). The van der Waals surface area contributed by atoms with Gasteiger partial charge in [-0.1, -0.05) is 45.4 Å². The van der Waals surface area contributed by atoms with Crippen molar-refractivity contribution < 1.29 is 4.42 Å². The normalized spacial score (nSPS) is 12.2. The molecule has 0 amide bonds. The van der Waals surface area contributed by atoms with E-state index in [0.717, 1.165) is 44.7 Å². The molecule has 158 valence electrons. The van der Waals surface area contributed by atoms with Crippen molar-refractivity contribution in [3.05, 3.63) is 36.1 Å². The lowest BCUT2D eigenvalue weighted by Gasteiger charge is -2.17. The number of hydrogen-bond donors (Lipinski definition) is 1. The van der Waals surface area contributed by atoms with Crippen molar-refractivity contribution in [1.29, 1.82) is 0 Å². The molecule has 0 radical (unpaired) electrons. The van der Waals surface area contributed by atoms with Gasteiger partial charge >= 0.3 is 0 Å². The Balaban J connectivity index is 0. The minimum atomic E-state index is -0.188. The predicted octanol–water partition coefficient (Wildman–Crippen LogP) is 5.87. The van der Waals surface area contributed by atoms with Crippen LogP contribution in [0.4, 0.5) is 0 Å². The van der Waals surface area contributed by atoms with Crippen LogP contribution >= 0.6 is 0 Å². The Hall–Kier alpha value is -1.46. The third-order valence-electron chi connectivity index (χ3n) is 4.01. The summed E-state index contributed by atoms with van der Waals surface area (Å²) in [7, 11) is 2.12. The standard InChI is InChI=1S/C12H24N4O.C8H14.C2H6/c1-5-10(7-8-16(4)6-2)12-15-14-11(17-12)9(3)13;1-4-5-6-7-8(2)3;1-2/h9-10H,5-8,13H2,1-4H3;4,7H,1,5-6H2,2-3H3;1-2H3/t9-,10?;;/m0../s1. The van der Waals surface area contributed by atoms with Gasteiger partial charge in [-0.3, -0.25) is 0 Å². The highest BCUT2D eigenvalue weighted by Crippen LogP contribution is 2.23. The molecule has 5 nitrogen and oxygen atoms in total. The van der Waals surface area contributed by atoms with Gasteiger partial charge in [-0.25, -0.2) is 0 Å². The summed E-state index contributed by atoms with van der Waals surface area (Å²) in [4.78, 5) is 2.28. The topological polar surface area (TPSA) is 68.2 Å². The van der Waals surface area contributed by atoms with E-state index < -0.39 is 0 Å². The lowest BCUT2D eigenvalue weighted by Crippen LogP contribution is -2.20. The average Bonchev–Trinajstić information content (AvgIpc) is 3.14. The summed E-state index contributed by atoms with van der Waals surface area (Å²) in [6.45, 7) is 20.1. The zero-order valence-corrected chi connectivity index (χ0v) is 19.1. The van der Waals surface area contributed by atoms with E-state index in [-0.39, 0.29) is 6.04 Å². The number of aromatic nitrogens is 2. The van der Waals surface area contributed by atoms with Crippen molar-refractivity contribution in [2.75, 3.05) is 20.1 Å². The monoisotopic (exact) mass is 380 g/mol. The summed E-state index contributed by atoms with van der Waals surface area (Å²) < 4.78 is 5.60. The second kappa shape index (κ2) is 17.9. The Labute approximate surface area is 168 Å². The van der Waals surface area contributed by atoms with E-state index in [2.05, 4.69) is 62.5 Å². The average molecular weight is 381 g/mol. The number of allylic oxidation sites excluding steroid dienone is 3. The van der Waals surface area contributed by atoms with Gasteiger partial charge in [-0.15, -0.1) is 16.8 Å². The maximum absolute atomic E-state index is 5.71. The fourth-order valence-corrected chi connectivity index (χ4v) is 2.12. The smallest absolute Gasteiger partial charge is 0.232 e. The first kappa shape index (κ1) is 27.8. The summed E-state index contributed by atoms with van der Waals surface area (Å²) >= 11 is 0. The van der Waals surface area contributed by atoms with E-state index >= 15 is 0 Å². The molecule has 0 bridgehead atoms. The van der Waals surface area contributed by atoms with Crippen LogP contribution in [0.3, 0.4) is 0 Å². The Morgan fingerprint density at radius 1 is 1.19 bits per heavy atom. The molecular formula is C22H44N4O. The Bertz CT molecular complexity index is 490. The van der Waals surface area contributed by atoms with Crippen molar-refractivity contribution in [2.24, 2.45) is 5.73 Å². The van der Waals surface area contributed by atoms with Crippen molar-refractivity contribution >= 4 is 0 Å². The molecule has 0 saturated heterocycles. The SMILES string of the molecule is C=CCCC=C(C)C.CC.CCC(CCN(C)CC)c1nnc([C@H](C)N)o1. The molecule has 1 aromatic heterocycles. The molecule has 1 heterocycles. The van der Waals surface area contributed by atoms with Crippen molar-refractivity contribution in [1.82, 2.24) is 15.1 Å². The van der Waals surface area contributed by atoms with E-state index in [9.17, 15) is 0 Å². The summed E-state index contributed by atoms with van der Waals surface area (Å²) in [6.07, 6.45) is 8.47. The van der Waals surface area contributed by atoms with Gasteiger partial charge in [0.25, 0.3) is 0 Å². The molecule has 0 fully saturated rings. The lowest BCUT2D eigenvalue weighted by atomic mass is 10.0. The number of rotatable bonds is 10. The molecule has 0 spiro atoms. The number of nitrogens with zero attached hydrogens (tertiary/aromatic N) is 3. The Kier molecular flexibility index (Phi) is 18.4. The lowest BCUT2D eigenvalue weighted by molar-refractivity contribution is 0.311. The zero-order chi connectivity index (χ0) is 21.2. The molecule has 0 aromatic carbocycles. The molecule has 2 atom stereocenters. The van der Waals surface area contributed by atoms with E-state index in [1.54, 1.807) is 0 Å². The third-order valence-corrected chi connectivity index (χ3v) is 4.01. The first-order chi connectivity index (χ1) is 12.8. The van der Waals surface area contributed by atoms with Crippen LogP contribution in [0, 0.1) is 0 Å². The van der Waals surface area contributed by atoms with Gasteiger partial charge in [0.15, 0.2) is 0 Å². The fraction of sp³-hybridized carbons (Fsp3) is 0.727. The molecular weight excluding hydrogens is 336 g/mol. The number of nitrogens with two attached hydrogens (primary N) is 1. The number of hydrogen-bond acceptors (Lipinski definition) is 5. The van der Waals surface area contributed by atoms with E-state index in [1.165, 1.54) is 5.57 Å². The second-order valence-corrected chi connectivity index (χ2v) is 6.70. The predicted molar refractivity (Wildman–Crippen MR) is 118 cm³/mol. The maximum Gasteiger partial charge on any atom is 0.232 e. The van der Waals surface area contributed by atoms with Gasteiger partial charge < -0.3 is 15.1 Å². The Morgan fingerprint density at radius 3 is 2.19 bits per heavy atom. The van der Waals surface area contributed by atoms with Crippen LogP contribution in [0.5, 0.6) is 0 Å². The van der Waals surface area contributed by atoms with E-state index in [0.29, 0.717) is 11.8 Å². The highest BCUT2D eigenvalue weighted by atomic mass is 16.4. The van der Waals surface area contributed by atoms with Gasteiger partial charge in [0.05, 0.1) is 6.04 Å². The quantitative estimate of drug-likeness (QED) is 0.406. The number of unbranched alkanes of at least 4 members (excludes halogenated alkanes) is 1. The molecule has 5 heteroatoms. The van der Waals surface area contributed by atoms with Gasteiger partial charge in [-0.2, -0.15) is 0 Å². The largest absolute Gasteiger partial charge is 0.423 e. The highest BCUT2D eigenvalue weighted by molar-refractivity contribution is 4.94. The van der Waals surface area contributed by atoms with Gasteiger partial charge in [0.2, 0.25) is 11.8 Å². The van der Waals surface area contributed by atoms with Crippen molar-refractivity contribution in [2.45, 2.75) is 86.1 Å². The van der Waals surface area contributed by atoms with E-state index in [1.807, 2.05) is 26.8 Å². The molecule has 0 saturated carbocycles. The summed E-state index contributed by atoms with van der Waals surface area (Å²) in [5.41, 5.74) is 7.10. The summed E-state index contributed by atoms with van der Waals surface area (Å²) in [5.74, 6) is 1.59. The van der Waals surface area contributed by atoms with Crippen LogP contribution in [0.25, 0.3) is 0 Å². The van der Waals surface area contributed by atoms with Crippen LogP contribution in [0.2, 0.25) is 0 Å². The molecule has 1 aromatic rings. The molecule has 1 unspecified atom stereocenters.